The average molecular weight is 204 g/mol. The van der Waals surface area contributed by atoms with Crippen LogP contribution in [0.5, 0.6) is 0 Å². The number of halogens is 4. The first-order chi connectivity index (χ1) is 5.08. The normalized spacial score (nSPS) is 17.2. The van der Waals surface area contributed by atoms with E-state index in [0.29, 0.717) is 12.5 Å². The van der Waals surface area contributed by atoms with E-state index in [1.54, 1.807) is 0 Å². The summed E-state index contributed by atoms with van der Waals surface area (Å²) in [5, 5.41) is 2.37. The van der Waals surface area contributed by atoms with Gasteiger partial charge in [-0.25, -0.2) is 0 Å². The maximum absolute atomic E-state index is 11.5. The Kier molecular flexibility index (Phi) is 4.94. The molecule has 1 aliphatic carbocycles. The van der Waals surface area contributed by atoms with Gasteiger partial charge in [0.05, 0.1) is 6.54 Å². The van der Waals surface area contributed by atoms with E-state index >= 15 is 0 Å². The van der Waals surface area contributed by atoms with Crippen molar-refractivity contribution in [2.75, 3.05) is 13.1 Å². The van der Waals surface area contributed by atoms with E-state index in [4.69, 9.17) is 0 Å². The third kappa shape index (κ3) is 6.73. The molecule has 0 aromatic carbocycles. The van der Waals surface area contributed by atoms with Crippen LogP contribution in [0.25, 0.3) is 0 Å². The van der Waals surface area contributed by atoms with Crippen LogP contribution in [-0.4, -0.2) is 19.3 Å². The average Bonchev–Trinajstić information content (AvgIpc) is 2.60. The van der Waals surface area contributed by atoms with Gasteiger partial charge in [-0.1, -0.05) is 12.8 Å². The van der Waals surface area contributed by atoms with Gasteiger partial charge in [0.2, 0.25) is 0 Å². The molecule has 1 aliphatic rings. The lowest BCUT2D eigenvalue weighted by Crippen LogP contribution is -2.29. The van der Waals surface area contributed by atoms with Gasteiger partial charge < -0.3 is 5.32 Å². The number of hydrogen-bond donors (Lipinski definition) is 1. The summed E-state index contributed by atoms with van der Waals surface area (Å²) < 4.78 is 34.6. The topological polar surface area (TPSA) is 12.0 Å². The standard InChI is InChI=1S/C7H12F3N.ClH/c8-7(9,10)5-11-4-3-6-1-2-6;/h6,11H,1-5H2;1H. The molecule has 1 nitrogen and oxygen atoms in total. The fourth-order valence-corrected chi connectivity index (χ4v) is 0.943. The second-order valence-corrected chi connectivity index (χ2v) is 3.02. The van der Waals surface area contributed by atoms with Gasteiger partial charge in [0.1, 0.15) is 0 Å². The summed E-state index contributed by atoms with van der Waals surface area (Å²) in [6, 6.07) is 0. The van der Waals surface area contributed by atoms with Crippen molar-refractivity contribution in [1.82, 2.24) is 5.32 Å². The number of nitrogens with one attached hydrogen (secondary N) is 1. The predicted octanol–water partition coefficient (Wildman–Crippen LogP) is 2.36. The summed E-state index contributed by atoms with van der Waals surface area (Å²) in [5.74, 6) is 0.704. The van der Waals surface area contributed by atoms with Crippen molar-refractivity contribution >= 4 is 12.4 Å². The Balaban J connectivity index is 0.00000121. The van der Waals surface area contributed by atoms with Crippen molar-refractivity contribution in [3.05, 3.63) is 0 Å². The maximum Gasteiger partial charge on any atom is 0.401 e. The first-order valence-electron chi connectivity index (χ1n) is 3.85. The Labute approximate surface area is 76.1 Å². The zero-order chi connectivity index (χ0) is 8.32. The molecule has 5 heteroatoms. The fraction of sp³-hybridized carbons (Fsp3) is 1.00. The van der Waals surface area contributed by atoms with E-state index in [9.17, 15) is 13.2 Å². The van der Waals surface area contributed by atoms with Gasteiger partial charge in [0.25, 0.3) is 0 Å². The molecule has 0 aromatic rings. The van der Waals surface area contributed by atoms with Gasteiger partial charge in [0.15, 0.2) is 0 Å². The van der Waals surface area contributed by atoms with Crippen LogP contribution in [0.1, 0.15) is 19.3 Å². The summed E-state index contributed by atoms with van der Waals surface area (Å²) >= 11 is 0. The summed E-state index contributed by atoms with van der Waals surface area (Å²) in [6.07, 6.45) is -0.749. The van der Waals surface area contributed by atoms with Crippen LogP contribution in [0.4, 0.5) is 13.2 Å². The van der Waals surface area contributed by atoms with E-state index in [1.807, 2.05) is 0 Å². The highest BCUT2D eigenvalue weighted by molar-refractivity contribution is 5.85. The molecular weight excluding hydrogens is 191 g/mol. The molecule has 0 bridgehead atoms. The van der Waals surface area contributed by atoms with Gasteiger partial charge in [-0.05, 0) is 18.9 Å². The molecule has 0 aromatic heterocycles. The van der Waals surface area contributed by atoms with Crippen LogP contribution < -0.4 is 5.32 Å². The molecule has 1 N–H and O–H groups in total. The SMILES string of the molecule is Cl.FC(F)(F)CNCCC1CC1. The van der Waals surface area contributed by atoms with Crippen LogP contribution in [0, 0.1) is 5.92 Å². The van der Waals surface area contributed by atoms with Gasteiger partial charge in [-0.15, -0.1) is 12.4 Å². The second-order valence-electron chi connectivity index (χ2n) is 3.02. The molecule has 0 aliphatic heterocycles. The molecule has 0 heterocycles. The molecule has 0 amide bonds. The summed E-state index contributed by atoms with van der Waals surface area (Å²) in [7, 11) is 0. The van der Waals surface area contributed by atoms with Gasteiger partial charge in [0, 0.05) is 0 Å². The second kappa shape index (κ2) is 4.92. The molecule has 0 radical (unpaired) electrons. The molecule has 1 saturated carbocycles. The quantitative estimate of drug-likeness (QED) is 0.692. The van der Waals surface area contributed by atoms with Crippen LogP contribution in [0.2, 0.25) is 0 Å². The summed E-state index contributed by atoms with van der Waals surface area (Å²) in [6.45, 7) is -0.343. The number of alkyl halides is 3. The molecule has 0 atom stereocenters. The lowest BCUT2D eigenvalue weighted by Gasteiger charge is -2.06. The molecule has 0 spiro atoms. The highest BCUT2D eigenvalue weighted by Gasteiger charge is 2.27. The van der Waals surface area contributed by atoms with Crippen molar-refractivity contribution in [1.29, 1.82) is 0 Å². The zero-order valence-corrected chi connectivity index (χ0v) is 7.47. The van der Waals surface area contributed by atoms with E-state index in [2.05, 4.69) is 5.32 Å². The van der Waals surface area contributed by atoms with Crippen LogP contribution in [-0.2, 0) is 0 Å². The van der Waals surface area contributed by atoms with E-state index in [0.717, 1.165) is 6.42 Å². The molecule has 12 heavy (non-hydrogen) atoms. The Bertz CT molecular complexity index is 122. The van der Waals surface area contributed by atoms with Crippen LogP contribution >= 0.6 is 12.4 Å². The van der Waals surface area contributed by atoms with E-state index in [1.165, 1.54) is 12.8 Å². The first kappa shape index (κ1) is 12.0. The molecule has 0 saturated heterocycles. The zero-order valence-electron chi connectivity index (χ0n) is 6.66. The lowest BCUT2D eigenvalue weighted by atomic mass is 10.3. The summed E-state index contributed by atoms with van der Waals surface area (Å²) in [4.78, 5) is 0. The molecule has 1 fully saturated rings. The number of rotatable bonds is 4. The van der Waals surface area contributed by atoms with E-state index < -0.39 is 12.7 Å². The van der Waals surface area contributed by atoms with Crippen molar-refractivity contribution in [2.24, 2.45) is 5.92 Å². The molecule has 0 unspecified atom stereocenters. The van der Waals surface area contributed by atoms with Gasteiger partial charge in [-0.3, -0.25) is 0 Å². The molecule has 1 rings (SSSR count). The molecule has 74 valence electrons. The minimum Gasteiger partial charge on any atom is -0.309 e. The van der Waals surface area contributed by atoms with Gasteiger partial charge >= 0.3 is 6.18 Å². The Morgan fingerprint density at radius 2 is 1.83 bits per heavy atom. The van der Waals surface area contributed by atoms with Crippen LogP contribution in [0.3, 0.4) is 0 Å². The highest BCUT2D eigenvalue weighted by atomic mass is 35.5. The van der Waals surface area contributed by atoms with Gasteiger partial charge in [-0.2, -0.15) is 13.2 Å². The van der Waals surface area contributed by atoms with Crippen molar-refractivity contribution < 1.29 is 13.2 Å². The minimum absolute atomic E-state index is 0. The Hall–Kier alpha value is 0.0400. The molecular formula is C7H13ClF3N. The minimum atomic E-state index is -4.05. The van der Waals surface area contributed by atoms with Crippen LogP contribution in [0.15, 0.2) is 0 Å². The Morgan fingerprint density at radius 1 is 1.25 bits per heavy atom. The predicted molar refractivity (Wildman–Crippen MR) is 43.5 cm³/mol. The highest BCUT2D eigenvalue weighted by Crippen LogP contribution is 2.31. The summed E-state index contributed by atoms with van der Waals surface area (Å²) in [5.41, 5.74) is 0. The smallest absolute Gasteiger partial charge is 0.309 e. The monoisotopic (exact) mass is 203 g/mol. The third-order valence-electron chi connectivity index (χ3n) is 1.75. The van der Waals surface area contributed by atoms with E-state index in [-0.39, 0.29) is 12.4 Å². The number of hydrogen-bond acceptors (Lipinski definition) is 1. The van der Waals surface area contributed by atoms with Crippen molar-refractivity contribution in [2.45, 2.75) is 25.4 Å². The first-order valence-corrected chi connectivity index (χ1v) is 3.85. The largest absolute Gasteiger partial charge is 0.401 e. The Morgan fingerprint density at radius 3 is 2.25 bits per heavy atom. The third-order valence-corrected chi connectivity index (χ3v) is 1.75. The lowest BCUT2D eigenvalue weighted by molar-refractivity contribution is -0.124. The maximum atomic E-state index is 11.5. The van der Waals surface area contributed by atoms with Crippen molar-refractivity contribution in [3.63, 3.8) is 0 Å². The van der Waals surface area contributed by atoms with Crippen molar-refractivity contribution in [3.8, 4) is 0 Å². The fourth-order valence-electron chi connectivity index (χ4n) is 0.943.